The van der Waals surface area contributed by atoms with Gasteiger partial charge in [0.1, 0.15) is 5.82 Å². The van der Waals surface area contributed by atoms with E-state index < -0.39 is 0 Å². The Morgan fingerprint density at radius 2 is 1.78 bits per heavy atom. The van der Waals surface area contributed by atoms with Crippen LogP contribution < -0.4 is 10.6 Å². The van der Waals surface area contributed by atoms with Crippen molar-refractivity contribution in [3.05, 3.63) is 71.5 Å². The van der Waals surface area contributed by atoms with Gasteiger partial charge in [0, 0.05) is 33.2 Å². The summed E-state index contributed by atoms with van der Waals surface area (Å²) in [6.45, 7) is 4.55. The molecule has 0 aliphatic carbocycles. The molecule has 0 aromatic heterocycles. The first-order valence-electron chi connectivity index (χ1n) is 9.32. The van der Waals surface area contributed by atoms with E-state index in [0.29, 0.717) is 13.1 Å². The Hall–Kier alpha value is -2.44. The van der Waals surface area contributed by atoms with Gasteiger partial charge in [0.2, 0.25) is 0 Å². The van der Waals surface area contributed by atoms with Gasteiger partial charge in [0.15, 0.2) is 5.96 Å². The number of nitrogens with one attached hydrogen (secondary N) is 2. The minimum atomic E-state index is -0.215. The number of nitrogens with zero attached hydrogens (tertiary/aromatic N) is 2. The maximum absolute atomic E-state index is 13.3. The molecule has 1 aliphatic heterocycles. The van der Waals surface area contributed by atoms with Crippen LogP contribution >= 0.6 is 0 Å². The fourth-order valence-electron chi connectivity index (χ4n) is 3.23. The molecule has 1 heterocycles. The van der Waals surface area contributed by atoms with Crippen molar-refractivity contribution in [1.29, 1.82) is 0 Å². The minimum absolute atomic E-state index is 0.129. The lowest BCUT2D eigenvalue weighted by atomic mass is 10.0. The molecule has 144 valence electrons. The molecule has 1 aliphatic rings. The first-order valence-corrected chi connectivity index (χ1v) is 9.32. The standard InChI is InChI=1S/C21H27FN4O/c1-23-21(24-15-17-5-3-2-4-6-17)25-16-20(26-11-13-27-14-12-26)18-7-9-19(22)10-8-18/h2-10,20H,11-16H2,1H3,(H2,23,24,25). The zero-order valence-electron chi connectivity index (χ0n) is 15.7. The molecule has 1 fully saturated rings. The van der Waals surface area contributed by atoms with E-state index in [1.54, 1.807) is 7.05 Å². The van der Waals surface area contributed by atoms with E-state index in [0.717, 1.165) is 37.8 Å². The minimum Gasteiger partial charge on any atom is -0.379 e. The highest BCUT2D eigenvalue weighted by Gasteiger charge is 2.23. The first-order chi connectivity index (χ1) is 13.3. The van der Waals surface area contributed by atoms with Gasteiger partial charge < -0.3 is 15.4 Å². The molecule has 3 rings (SSSR count). The van der Waals surface area contributed by atoms with E-state index in [2.05, 4.69) is 32.7 Å². The molecular formula is C21H27FN4O. The van der Waals surface area contributed by atoms with E-state index in [9.17, 15) is 4.39 Å². The highest BCUT2D eigenvalue weighted by molar-refractivity contribution is 5.79. The molecule has 1 atom stereocenters. The van der Waals surface area contributed by atoms with Gasteiger partial charge in [-0.3, -0.25) is 9.89 Å². The normalized spacial score (nSPS) is 16.7. The summed E-state index contributed by atoms with van der Waals surface area (Å²) in [5.41, 5.74) is 2.29. The van der Waals surface area contributed by atoms with Crippen molar-refractivity contribution in [2.45, 2.75) is 12.6 Å². The molecule has 2 N–H and O–H groups in total. The molecule has 0 spiro atoms. The third-order valence-corrected chi connectivity index (χ3v) is 4.73. The van der Waals surface area contributed by atoms with Crippen LogP contribution in [0.4, 0.5) is 4.39 Å². The van der Waals surface area contributed by atoms with Gasteiger partial charge in [-0.25, -0.2) is 4.39 Å². The number of benzene rings is 2. The van der Waals surface area contributed by atoms with Crippen molar-refractivity contribution in [3.8, 4) is 0 Å². The Morgan fingerprint density at radius 1 is 1.07 bits per heavy atom. The lowest BCUT2D eigenvalue weighted by Crippen LogP contribution is -2.46. The van der Waals surface area contributed by atoms with Crippen LogP contribution in [0.5, 0.6) is 0 Å². The van der Waals surface area contributed by atoms with Crippen LogP contribution in [0.3, 0.4) is 0 Å². The number of halogens is 1. The summed E-state index contributed by atoms with van der Waals surface area (Å²) in [4.78, 5) is 6.69. The topological polar surface area (TPSA) is 48.9 Å². The third kappa shape index (κ3) is 5.77. The number of ether oxygens (including phenoxy) is 1. The number of guanidine groups is 1. The van der Waals surface area contributed by atoms with Crippen molar-refractivity contribution in [2.24, 2.45) is 4.99 Å². The monoisotopic (exact) mass is 370 g/mol. The molecule has 2 aromatic rings. The Labute approximate surface area is 160 Å². The second-order valence-corrected chi connectivity index (χ2v) is 6.51. The van der Waals surface area contributed by atoms with Crippen molar-refractivity contribution in [1.82, 2.24) is 15.5 Å². The maximum atomic E-state index is 13.3. The molecule has 2 aromatic carbocycles. The molecule has 0 radical (unpaired) electrons. The first kappa shape index (κ1) is 19.3. The summed E-state index contributed by atoms with van der Waals surface area (Å²) in [5, 5.41) is 6.75. The number of rotatable bonds is 6. The summed E-state index contributed by atoms with van der Waals surface area (Å²) in [6.07, 6.45) is 0. The highest BCUT2D eigenvalue weighted by Crippen LogP contribution is 2.21. The summed E-state index contributed by atoms with van der Waals surface area (Å²) >= 11 is 0. The average molecular weight is 370 g/mol. The zero-order chi connectivity index (χ0) is 18.9. The second kappa shape index (κ2) is 10.0. The van der Waals surface area contributed by atoms with Crippen LogP contribution in [0.1, 0.15) is 17.2 Å². The predicted octanol–water partition coefficient (Wildman–Crippen LogP) is 2.56. The Morgan fingerprint density at radius 3 is 2.44 bits per heavy atom. The van der Waals surface area contributed by atoms with E-state index >= 15 is 0 Å². The largest absolute Gasteiger partial charge is 0.379 e. The Kier molecular flexibility index (Phi) is 7.19. The van der Waals surface area contributed by atoms with Gasteiger partial charge in [-0.05, 0) is 23.3 Å². The molecular weight excluding hydrogens is 343 g/mol. The van der Waals surface area contributed by atoms with Crippen molar-refractivity contribution < 1.29 is 9.13 Å². The van der Waals surface area contributed by atoms with Crippen LogP contribution in [0.25, 0.3) is 0 Å². The van der Waals surface area contributed by atoms with Crippen LogP contribution in [0, 0.1) is 5.82 Å². The molecule has 5 nitrogen and oxygen atoms in total. The summed E-state index contributed by atoms with van der Waals surface area (Å²) in [7, 11) is 1.77. The SMILES string of the molecule is CN=C(NCc1ccccc1)NCC(c1ccc(F)cc1)N1CCOCC1. The Bertz CT molecular complexity index is 715. The van der Waals surface area contributed by atoms with Crippen LogP contribution in [-0.2, 0) is 11.3 Å². The summed E-state index contributed by atoms with van der Waals surface area (Å²) in [6, 6.07) is 17.1. The van der Waals surface area contributed by atoms with Gasteiger partial charge in [0.05, 0.1) is 19.3 Å². The van der Waals surface area contributed by atoms with Gasteiger partial charge in [-0.2, -0.15) is 0 Å². The van der Waals surface area contributed by atoms with Gasteiger partial charge in [-0.1, -0.05) is 42.5 Å². The van der Waals surface area contributed by atoms with Crippen molar-refractivity contribution in [3.63, 3.8) is 0 Å². The summed E-state index contributed by atoms with van der Waals surface area (Å²) in [5.74, 6) is 0.534. The molecule has 1 unspecified atom stereocenters. The number of aliphatic imine (C=N–C) groups is 1. The van der Waals surface area contributed by atoms with Crippen LogP contribution in [0.2, 0.25) is 0 Å². The van der Waals surface area contributed by atoms with Crippen molar-refractivity contribution in [2.75, 3.05) is 39.9 Å². The average Bonchev–Trinajstić information content (AvgIpc) is 2.73. The highest BCUT2D eigenvalue weighted by atomic mass is 19.1. The smallest absolute Gasteiger partial charge is 0.191 e. The number of hydrogen-bond donors (Lipinski definition) is 2. The number of hydrogen-bond acceptors (Lipinski definition) is 3. The Balaban J connectivity index is 1.62. The van der Waals surface area contributed by atoms with Gasteiger partial charge in [0.25, 0.3) is 0 Å². The maximum Gasteiger partial charge on any atom is 0.191 e. The van der Waals surface area contributed by atoms with E-state index in [-0.39, 0.29) is 11.9 Å². The van der Waals surface area contributed by atoms with Crippen LogP contribution in [0.15, 0.2) is 59.6 Å². The van der Waals surface area contributed by atoms with Crippen molar-refractivity contribution >= 4 is 5.96 Å². The summed E-state index contributed by atoms with van der Waals surface area (Å²) < 4.78 is 18.8. The van der Waals surface area contributed by atoms with Gasteiger partial charge >= 0.3 is 0 Å². The fourth-order valence-corrected chi connectivity index (χ4v) is 3.23. The molecule has 0 saturated carbocycles. The van der Waals surface area contributed by atoms with E-state index in [1.807, 2.05) is 30.3 Å². The zero-order valence-corrected chi connectivity index (χ0v) is 15.7. The van der Waals surface area contributed by atoms with Gasteiger partial charge in [-0.15, -0.1) is 0 Å². The predicted molar refractivity (Wildman–Crippen MR) is 106 cm³/mol. The third-order valence-electron chi connectivity index (χ3n) is 4.73. The molecule has 6 heteroatoms. The van der Waals surface area contributed by atoms with E-state index in [4.69, 9.17) is 4.74 Å². The number of morpholine rings is 1. The lowest BCUT2D eigenvalue weighted by molar-refractivity contribution is 0.0170. The molecule has 0 bridgehead atoms. The second-order valence-electron chi connectivity index (χ2n) is 6.51. The van der Waals surface area contributed by atoms with E-state index in [1.165, 1.54) is 17.7 Å². The lowest BCUT2D eigenvalue weighted by Gasteiger charge is -2.35. The molecule has 1 saturated heterocycles. The van der Waals surface area contributed by atoms with Crippen LogP contribution in [-0.4, -0.2) is 50.8 Å². The fraction of sp³-hybridized carbons (Fsp3) is 0.381. The molecule has 27 heavy (non-hydrogen) atoms. The quantitative estimate of drug-likeness (QED) is 0.606. The molecule has 0 amide bonds.